The summed E-state index contributed by atoms with van der Waals surface area (Å²) in [5.74, 6) is 0. The van der Waals surface area contributed by atoms with E-state index in [-0.39, 0.29) is 0 Å². The van der Waals surface area contributed by atoms with Gasteiger partial charge in [-0.05, 0) is 115 Å². The van der Waals surface area contributed by atoms with Crippen LogP contribution in [0.4, 0.5) is 17.1 Å². The van der Waals surface area contributed by atoms with Crippen LogP contribution >= 0.6 is 11.3 Å². The molecule has 2 heterocycles. The van der Waals surface area contributed by atoms with E-state index in [0.717, 1.165) is 17.1 Å². The van der Waals surface area contributed by atoms with Gasteiger partial charge in [0.25, 0.3) is 0 Å². The molecule has 2 nitrogen and oxygen atoms in total. The lowest BCUT2D eigenvalue weighted by Crippen LogP contribution is -2.10. The zero-order chi connectivity index (χ0) is 41.4. The van der Waals surface area contributed by atoms with Crippen LogP contribution in [0.5, 0.6) is 0 Å². The molecule has 0 radical (unpaired) electrons. The molecule has 0 amide bonds. The van der Waals surface area contributed by atoms with Gasteiger partial charge in [-0.25, -0.2) is 0 Å². The Labute approximate surface area is 368 Å². The number of aromatic nitrogens is 1. The minimum absolute atomic E-state index is 1.11. The zero-order valence-electron chi connectivity index (χ0n) is 34.2. The number of thiophene rings is 1. The molecule has 294 valence electrons. The highest BCUT2D eigenvalue weighted by Gasteiger charge is 2.22. The van der Waals surface area contributed by atoms with Gasteiger partial charge in [0.05, 0.1) is 21.4 Å². The first-order valence-electron chi connectivity index (χ1n) is 21.6. The number of fused-ring (bicyclic) bond motifs is 12. The molecule has 0 N–H and O–H groups in total. The first-order chi connectivity index (χ1) is 31.3. The Morgan fingerprint density at radius 1 is 0.317 bits per heavy atom. The van der Waals surface area contributed by atoms with Gasteiger partial charge in [-0.3, -0.25) is 0 Å². The van der Waals surface area contributed by atoms with Gasteiger partial charge in [0, 0.05) is 43.3 Å². The molecule has 0 unspecified atom stereocenters. The molecule has 13 aromatic rings. The van der Waals surface area contributed by atoms with E-state index in [2.05, 4.69) is 240 Å². The van der Waals surface area contributed by atoms with E-state index < -0.39 is 0 Å². The molecular formula is C60H38N2S. The Hall–Kier alpha value is -7.98. The number of hydrogen-bond donors (Lipinski definition) is 0. The van der Waals surface area contributed by atoms with Gasteiger partial charge in [0.15, 0.2) is 0 Å². The largest absolute Gasteiger partial charge is 0.309 e. The summed E-state index contributed by atoms with van der Waals surface area (Å²) in [6, 6.07) is 84.8. The monoisotopic (exact) mass is 818 g/mol. The lowest BCUT2D eigenvalue weighted by atomic mass is 9.92. The Morgan fingerprint density at radius 2 is 0.825 bits per heavy atom. The SMILES string of the molecule is c1ccc(-c2cc(N(c3ccc4c5ccccc5c5ccccc5c4c3)c3cccc4c3sc3ccccc34)ccc2-c2ccc(-n3c4ccccc4c4ccccc43)cc2)cc1. The number of hydrogen-bond acceptors (Lipinski definition) is 2. The number of rotatable bonds is 6. The standard InChI is InChI=1S/C60H38N2S/c1-2-15-39(16-3-1)54-37-42(33-35-44(54)40-29-31-41(32-30-40)62-56-25-11-8-21-50(56)51-22-9-12-26-57(51)62)61(58-27-14-24-53-52-23-10-13-28-59(52)63-60(53)58)43-34-36-49-47-19-5-4-17-45(47)46-18-6-7-20-48(46)55(49)38-43/h1-38H. The van der Waals surface area contributed by atoms with Crippen LogP contribution in [0.1, 0.15) is 0 Å². The molecule has 2 aromatic heterocycles. The average Bonchev–Trinajstić information content (AvgIpc) is 3.91. The molecule has 0 aliphatic carbocycles. The summed E-state index contributed by atoms with van der Waals surface area (Å²) in [5.41, 5.74) is 11.7. The Bertz CT molecular complexity index is 3820. The van der Waals surface area contributed by atoms with Crippen molar-refractivity contribution < 1.29 is 0 Å². The summed E-state index contributed by atoms with van der Waals surface area (Å²) in [7, 11) is 0. The maximum atomic E-state index is 2.49. The van der Waals surface area contributed by atoms with E-state index in [1.807, 2.05) is 11.3 Å². The molecule has 3 heteroatoms. The predicted molar refractivity (Wildman–Crippen MR) is 272 cm³/mol. The van der Waals surface area contributed by atoms with Crippen molar-refractivity contribution in [3.8, 4) is 27.9 Å². The van der Waals surface area contributed by atoms with E-state index in [0.29, 0.717) is 0 Å². The van der Waals surface area contributed by atoms with Crippen molar-refractivity contribution in [3.05, 3.63) is 231 Å². The van der Waals surface area contributed by atoms with Gasteiger partial charge in [-0.2, -0.15) is 0 Å². The highest BCUT2D eigenvalue weighted by Crippen LogP contribution is 2.48. The maximum absolute atomic E-state index is 2.49. The third kappa shape index (κ3) is 5.64. The van der Waals surface area contributed by atoms with Crippen molar-refractivity contribution in [2.75, 3.05) is 4.90 Å². The van der Waals surface area contributed by atoms with Crippen LogP contribution in [0.3, 0.4) is 0 Å². The van der Waals surface area contributed by atoms with E-state index in [4.69, 9.17) is 0 Å². The van der Waals surface area contributed by atoms with Crippen molar-refractivity contribution >= 4 is 103 Å². The topological polar surface area (TPSA) is 8.17 Å². The van der Waals surface area contributed by atoms with Gasteiger partial charge in [-0.15, -0.1) is 11.3 Å². The number of anilines is 3. The highest BCUT2D eigenvalue weighted by molar-refractivity contribution is 7.26. The summed E-state index contributed by atoms with van der Waals surface area (Å²) < 4.78 is 4.95. The smallest absolute Gasteiger partial charge is 0.0640 e. The molecule has 0 saturated heterocycles. The van der Waals surface area contributed by atoms with E-state index in [9.17, 15) is 0 Å². The molecule has 0 fully saturated rings. The zero-order valence-corrected chi connectivity index (χ0v) is 35.1. The summed E-state index contributed by atoms with van der Waals surface area (Å²) in [5, 5.41) is 12.7. The lowest BCUT2D eigenvalue weighted by molar-refractivity contribution is 1.18. The molecule has 0 spiro atoms. The normalized spacial score (nSPS) is 11.8. The minimum Gasteiger partial charge on any atom is -0.309 e. The Morgan fingerprint density at radius 3 is 1.51 bits per heavy atom. The molecule has 13 rings (SSSR count). The predicted octanol–water partition coefficient (Wildman–Crippen LogP) is 17.4. The van der Waals surface area contributed by atoms with Crippen LogP contribution in [-0.2, 0) is 0 Å². The molecule has 0 atom stereocenters. The second kappa shape index (κ2) is 14.3. The van der Waals surface area contributed by atoms with Gasteiger partial charge >= 0.3 is 0 Å². The van der Waals surface area contributed by atoms with E-state index >= 15 is 0 Å². The van der Waals surface area contributed by atoms with Crippen molar-refractivity contribution in [2.24, 2.45) is 0 Å². The first-order valence-corrected chi connectivity index (χ1v) is 22.4. The van der Waals surface area contributed by atoms with Gasteiger partial charge in [0.2, 0.25) is 0 Å². The first kappa shape index (κ1) is 35.7. The maximum Gasteiger partial charge on any atom is 0.0640 e. The summed E-state index contributed by atoms with van der Waals surface area (Å²) in [4.78, 5) is 2.49. The van der Waals surface area contributed by atoms with Crippen molar-refractivity contribution in [1.29, 1.82) is 0 Å². The van der Waals surface area contributed by atoms with Crippen LogP contribution in [0.15, 0.2) is 231 Å². The molecule has 0 bridgehead atoms. The van der Waals surface area contributed by atoms with Crippen LogP contribution in [0.25, 0.3) is 102 Å². The second-order valence-electron chi connectivity index (χ2n) is 16.4. The van der Waals surface area contributed by atoms with E-state index in [1.165, 1.54) is 102 Å². The van der Waals surface area contributed by atoms with Gasteiger partial charge in [0.1, 0.15) is 0 Å². The van der Waals surface area contributed by atoms with E-state index in [1.54, 1.807) is 0 Å². The van der Waals surface area contributed by atoms with Crippen molar-refractivity contribution in [2.45, 2.75) is 0 Å². The number of benzene rings is 11. The minimum atomic E-state index is 1.11. The fourth-order valence-corrected chi connectivity index (χ4v) is 11.3. The molecule has 0 saturated carbocycles. The average molecular weight is 819 g/mol. The highest BCUT2D eigenvalue weighted by atomic mass is 32.1. The molecule has 11 aromatic carbocycles. The summed E-state index contributed by atoms with van der Waals surface area (Å²) >= 11 is 1.87. The summed E-state index contributed by atoms with van der Waals surface area (Å²) in [6.07, 6.45) is 0. The molecule has 0 aliphatic heterocycles. The number of para-hydroxylation sites is 2. The van der Waals surface area contributed by atoms with Crippen LogP contribution in [-0.4, -0.2) is 4.57 Å². The quantitative estimate of drug-likeness (QED) is 0.152. The number of nitrogens with zero attached hydrogens (tertiary/aromatic N) is 2. The molecule has 63 heavy (non-hydrogen) atoms. The fourth-order valence-electron chi connectivity index (χ4n) is 10.1. The van der Waals surface area contributed by atoms with Crippen LogP contribution in [0.2, 0.25) is 0 Å². The lowest BCUT2D eigenvalue weighted by Gasteiger charge is -2.28. The Balaban J connectivity index is 1.03. The van der Waals surface area contributed by atoms with Crippen LogP contribution < -0.4 is 4.90 Å². The van der Waals surface area contributed by atoms with Crippen molar-refractivity contribution in [3.63, 3.8) is 0 Å². The second-order valence-corrected chi connectivity index (χ2v) is 17.5. The van der Waals surface area contributed by atoms with Crippen LogP contribution in [0, 0.1) is 0 Å². The third-order valence-corrected chi connectivity index (χ3v) is 14.2. The molecule has 0 aliphatic rings. The fraction of sp³-hybridized carbons (Fsp3) is 0. The summed E-state index contributed by atoms with van der Waals surface area (Å²) in [6.45, 7) is 0. The van der Waals surface area contributed by atoms with Gasteiger partial charge in [-0.1, -0.05) is 170 Å². The third-order valence-electron chi connectivity index (χ3n) is 13.0. The Kier molecular flexibility index (Phi) is 8.12. The molecular weight excluding hydrogens is 781 g/mol. The van der Waals surface area contributed by atoms with Crippen molar-refractivity contribution in [1.82, 2.24) is 4.57 Å². The van der Waals surface area contributed by atoms with Gasteiger partial charge < -0.3 is 9.47 Å².